The Hall–Kier alpha value is -1.14. The van der Waals surface area contributed by atoms with Gasteiger partial charge < -0.3 is 15.0 Å². The standard InChI is InChI=1S/C16H22ClN3O2/c17-14-3-1-2-13(10-14)15-11-18-4-5-20(15)12-16(21)19-6-8-22-9-7-19/h1-3,10,15,18H,4-9,11-12H2. The summed E-state index contributed by atoms with van der Waals surface area (Å²) in [5, 5.41) is 4.14. The predicted octanol–water partition coefficient (Wildman–Crippen LogP) is 1.15. The number of carbonyl (C=O) groups is 1. The van der Waals surface area contributed by atoms with Crippen LogP contribution in [0.5, 0.6) is 0 Å². The van der Waals surface area contributed by atoms with Crippen LogP contribution in [0.3, 0.4) is 0 Å². The maximum Gasteiger partial charge on any atom is 0.236 e. The molecule has 5 nitrogen and oxygen atoms in total. The van der Waals surface area contributed by atoms with Gasteiger partial charge in [0.15, 0.2) is 0 Å². The van der Waals surface area contributed by atoms with Gasteiger partial charge in [-0.1, -0.05) is 23.7 Å². The molecule has 2 aliphatic heterocycles. The van der Waals surface area contributed by atoms with Crippen LogP contribution in [0.2, 0.25) is 5.02 Å². The van der Waals surface area contributed by atoms with E-state index in [2.05, 4.69) is 16.3 Å². The number of carbonyl (C=O) groups excluding carboxylic acids is 1. The highest BCUT2D eigenvalue weighted by molar-refractivity contribution is 6.30. The van der Waals surface area contributed by atoms with Gasteiger partial charge in [0.25, 0.3) is 0 Å². The summed E-state index contributed by atoms with van der Waals surface area (Å²) in [6, 6.07) is 8.11. The normalized spacial score (nSPS) is 23.5. The lowest BCUT2D eigenvalue weighted by Crippen LogP contribution is -2.51. The summed E-state index contributed by atoms with van der Waals surface area (Å²) < 4.78 is 5.31. The van der Waals surface area contributed by atoms with E-state index in [9.17, 15) is 4.79 Å². The van der Waals surface area contributed by atoms with Gasteiger partial charge in [-0.3, -0.25) is 9.69 Å². The number of hydrogen-bond donors (Lipinski definition) is 1. The second-order valence-corrected chi connectivity index (χ2v) is 6.17. The van der Waals surface area contributed by atoms with Crippen LogP contribution in [0.1, 0.15) is 11.6 Å². The average molecular weight is 324 g/mol. The molecule has 0 radical (unpaired) electrons. The Kier molecular flexibility index (Phi) is 5.31. The van der Waals surface area contributed by atoms with E-state index in [0.29, 0.717) is 32.8 Å². The molecule has 0 bridgehead atoms. The molecule has 2 fully saturated rings. The molecule has 1 N–H and O–H groups in total. The number of nitrogens with one attached hydrogen (secondary N) is 1. The summed E-state index contributed by atoms with van der Waals surface area (Å²) in [6.45, 7) is 5.77. The number of morpholine rings is 1. The highest BCUT2D eigenvalue weighted by Crippen LogP contribution is 2.24. The van der Waals surface area contributed by atoms with E-state index in [4.69, 9.17) is 16.3 Å². The van der Waals surface area contributed by atoms with E-state index in [1.54, 1.807) is 0 Å². The minimum atomic E-state index is 0.192. The zero-order valence-electron chi connectivity index (χ0n) is 12.6. The first-order chi connectivity index (χ1) is 10.7. The molecule has 0 aliphatic carbocycles. The lowest BCUT2D eigenvalue weighted by atomic mass is 10.0. The molecule has 2 aliphatic rings. The van der Waals surface area contributed by atoms with Crippen molar-refractivity contribution in [2.24, 2.45) is 0 Å². The first-order valence-electron chi connectivity index (χ1n) is 7.80. The highest BCUT2D eigenvalue weighted by Gasteiger charge is 2.27. The third kappa shape index (κ3) is 3.79. The summed E-state index contributed by atoms with van der Waals surface area (Å²) in [5.74, 6) is 0.192. The van der Waals surface area contributed by atoms with Crippen molar-refractivity contribution in [2.75, 3.05) is 52.5 Å². The largest absolute Gasteiger partial charge is 0.378 e. The SMILES string of the molecule is O=C(CN1CCNCC1c1cccc(Cl)c1)N1CCOCC1. The highest BCUT2D eigenvalue weighted by atomic mass is 35.5. The Balaban J connectivity index is 1.68. The summed E-state index contributed by atoms with van der Waals surface area (Å²) in [7, 11) is 0. The van der Waals surface area contributed by atoms with E-state index in [0.717, 1.165) is 30.2 Å². The van der Waals surface area contributed by atoms with Crippen LogP contribution >= 0.6 is 11.6 Å². The van der Waals surface area contributed by atoms with E-state index in [1.807, 2.05) is 23.1 Å². The molecule has 2 heterocycles. The number of rotatable bonds is 3. The van der Waals surface area contributed by atoms with Crippen molar-refractivity contribution >= 4 is 17.5 Å². The predicted molar refractivity (Wildman–Crippen MR) is 86.0 cm³/mol. The Labute approximate surface area is 136 Å². The number of ether oxygens (including phenoxy) is 1. The Morgan fingerprint density at radius 1 is 1.32 bits per heavy atom. The summed E-state index contributed by atoms with van der Waals surface area (Å²) in [4.78, 5) is 16.6. The Morgan fingerprint density at radius 2 is 2.14 bits per heavy atom. The number of nitrogens with zero attached hydrogens (tertiary/aromatic N) is 2. The van der Waals surface area contributed by atoms with Crippen molar-refractivity contribution in [1.82, 2.24) is 15.1 Å². The third-order valence-electron chi connectivity index (χ3n) is 4.29. The van der Waals surface area contributed by atoms with Crippen LogP contribution in [-0.4, -0.2) is 68.2 Å². The molecule has 1 atom stereocenters. The second kappa shape index (κ2) is 7.42. The van der Waals surface area contributed by atoms with Gasteiger partial charge in [-0.25, -0.2) is 0 Å². The molecular formula is C16H22ClN3O2. The molecule has 1 amide bonds. The van der Waals surface area contributed by atoms with E-state index >= 15 is 0 Å². The van der Waals surface area contributed by atoms with Gasteiger partial charge in [-0.2, -0.15) is 0 Å². The molecule has 1 aromatic carbocycles. The van der Waals surface area contributed by atoms with E-state index in [1.165, 1.54) is 0 Å². The van der Waals surface area contributed by atoms with Crippen molar-refractivity contribution in [1.29, 1.82) is 0 Å². The van der Waals surface area contributed by atoms with Gasteiger partial charge in [0.1, 0.15) is 0 Å². The fourth-order valence-corrected chi connectivity index (χ4v) is 3.26. The minimum absolute atomic E-state index is 0.192. The Bertz CT molecular complexity index is 520. The lowest BCUT2D eigenvalue weighted by molar-refractivity contribution is -0.137. The zero-order valence-corrected chi connectivity index (χ0v) is 13.4. The Morgan fingerprint density at radius 3 is 2.91 bits per heavy atom. The van der Waals surface area contributed by atoms with Crippen molar-refractivity contribution in [3.63, 3.8) is 0 Å². The van der Waals surface area contributed by atoms with Gasteiger partial charge in [0.2, 0.25) is 5.91 Å². The molecule has 22 heavy (non-hydrogen) atoms. The van der Waals surface area contributed by atoms with Crippen molar-refractivity contribution in [2.45, 2.75) is 6.04 Å². The molecule has 3 rings (SSSR count). The molecule has 2 saturated heterocycles. The van der Waals surface area contributed by atoms with Gasteiger partial charge >= 0.3 is 0 Å². The van der Waals surface area contributed by atoms with Crippen LogP contribution in [0.15, 0.2) is 24.3 Å². The molecule has 0 saturated carbocycles. The number of halogens is 1. The molecule has 0 spiro atoms. The second-order valence-electron chi connectivity index (χ2n) is 5.74. The monoisotopic (exact) mass is 323 g/mol. The number of amides is 1. The maximum atomic E-state index is 12.5. The lowest BCUT2D eigenvalue weighted by Gasteiger charge is -2.37. The third-order valence-corrected chi connectivity index (χ3v) is 4.52. The van der Waals surface area contributed by atoms with Crippen LogP contribution in [0.4, 0.5) is 0 Å². The fourth-order valence-electron chi connectivity index (χ4n) is 3.06. The molecular weight excluding hydrogens is 302 g/mol. The molecule has 0 aromatic heterocycles. The van der Waals surface area contributed by atoms with E-state index in [-0.39, 0.29) is 11.9 Å². The summed E-state index contributed by atoms with van der Waals surface area (Å²) in [5.41, 5.74) is 1.16. The van der Waals surface area contributed by atoms with Crippen LogP contribution in [0.25, 0.3) is 0 Å². The quantitative estimate of drug-likeness (QED) is 0.906. The van der Waals surface area contributed by atoms with Gasteiger partial charge in [0, 0.05) is 43.8 Å². The average Bonchev–Trinajstić information content (AvgIpc) is 2.56. The van der Waals surface area contributed by atoms with E-state index < -0.39 is 0 Å². The van der Waals surface area contributed by atoms with Crippen molar-refractivity contribution in [3.8, 4) is 0 Å². The smallest absolute Gasteiger partial charge is 0.236 e. The van der Waals surface area contributed by atoms with Gasteiger partial charge in [-0.05, 0) is 17.7 Å². The molecule has 120 valence electrons. The number of benzene rings is 1. The van der Waals surface area contributed by atoms with Crippen LogP contribution < -0.4 is 5.32 Å². The fraction of sp³-hybridized carbons (Fsp3) is 0.562. The molecule has 1 unspecified atom stereocenters. The van der Waals surface area contributed by atoms with Crippen LogP contribution in [0, 0.1) is 0 Å². The molecule has 6 heteroatoms. The summed E-state index contributed by atoms with van der Waals surface area (Å²) >= 11 is 6.11. The van der Waals surface area contributed by atoms with Gasteiger partial charge in [-0.15, -0.1) is 0 Å². The van der Waals surface area contributed by atoms with Gasteiger partial charge in [0.05, 0.1) is 19.8 Å². The first kappa shape index (κ1) is 15.7. The van der Waals surface area contributed by atoms with Crippen molar-refractivity contribution < 1.29 is 9.53 Å². The number of piperazine rings is 1. The summed E-state index contributed by atoms with van der Waals surface area (Å²) in [6.07, 6.45) is 0. The van der Waals surface area contributed by atoms with Crippen LogP contribution in [-0.2, 0) is 9.53 Å². The molecule has 1 aromatic rings. The topological polar surface area (TPSA) is 44.8 Å². The first-order valence-corrected chi connectivity index (χ1v) is 8.17. The zero-order chi connectivity index (χ0) is 15.4. The number of hydrogen-bond acceptors (Lipinski definition) is 4. The van der Waals surface area contributed by atoms with Crippen molar-refractivity contribution in [3.05, 3.63) is 34.9 Å². The maximum absolute atomic E-state index is 12.5. The minimum Gasteiger partial charge on any atom is -0.378 e.